The maximum atomic E-state index is 12.3. The van der Waals surface area contributed by atoms with Gasteiger partial charge < -0.3 is 5.11 Å². The molecule has 3 aromatic heterocycles. The molecule has 10 heteroatoms. The summed E-state index contributed by atoms with van der Waals surface area (Å²) in [6.45, 7) is 1.29. The molecule has 0 fully saturated rings. The lowest BCUT2D eigenvalue weighted by molar-refractivity contribution is 0.494. The van der Waals surface area contributed by atoms with Crippen LogP contribution in [0.25, 0.3) is 22.7 Å². The monoisotopic (exact) mass is 290 g/mol. The normalized spacial score (nSPS) is 13.1. The first kappa shape index (κ1) is 13.0. The lowest BCUT2D eigenvalue weighted by Crippen LogP contribution is -2.40. The zero-order chi connectivity index (χ0) is 15.5. The number of hydrogen-bond donors (Lipinski definition) is 1. The van der Waals surface area contributed by atoms with Gasteiger partial charge in [0.15, 0.2) is 16.5 Å². The molecule has 0 spiro atoms. The molecule has 21 heavy (non-hydrogen) atoms. The van der Waals surface area contributed by atoms with Crippen molar-refractivity contribution in [3.8, 4) is 0 Å². The van der Waals surface area contributed by atoms with Crippen LogP contribution in [0, 0.1) is 0 Å². The number of nitrogens with zero attached hydrogens (tertiary/aromatic N) is 6. The van der Waals surface area contributed by atoms with Crippen LogP contribution in [-0.4, -0.2) is 33.8 Å². The summed E-state index contributed by atoms with van der Waals surface area (Å²) < 4.78 is 2.99. The van der Waals surface area contributed by atoms with Crippen molar-refractivity contribution in [2.75, 3.05) is 0 Å². The van der Waals surface area contributed by atoms with E-state index in [9.17, 15) is 19.5 Å². The summed E-state index contributed by atoms with van der Waals surface area (Å²) in [5.41, 5.74) is -1.99. The number of fused-ring (bicyclic) bond motifs is 3. The Morgan fingerprint density at radius 1 is 1.05 bits per heavy atom. The molecule has 3 rings (SSSR count). The molecule has 1 N–H and O–H groups in total. The summed E-state index contributed by atoms with van der Waals surface area (Å²) in [6, 6.07) is 0. The molecule has 0 aliphatic carbocycles. The van der Waals surface area contributed by atoms with Crippen molar-refractivity contribution in [2.24, 2.45) is 14.1 Å². The van der Waals surface area contributed by atoms with Crippen LogP contribution in [0.5, 0.6) is 0 Å². The van der Waals surface area contributed by atoms with Crippen molar-refractivity contribution in [1.82, 2.24) is 28.7 Å². The highest BCUT2D eigenvalue weighted by Gasteiger charge is 2.18. The fourth-order valence-corrected chi connectivity index (χ4v) is 2.14. The van der Waals surface area contributed by atoms with Gasteiger partial charge in [-0.1, -0.05) is 0 Å². The Kier molecular flexibility index (Phi) is 2.46. The van der Waals surface area contributed by atoms with Crippen LogP contribution >= 0.6 is 0 Å². The third kappa shape index (κ3) is 1.52. The first-order valence-corrected chi connectivity index (χ1v) is 5.89. The molecule has 0 atom stereocenters. The van der Waals surface area contributed by atoms with Crippen LogP contribution in [0.2, 0.25) is 0 Å². The molecule has 0 amide bonds. The second kappa shape index (κ2) is 3.98. The van der Waals surface area contributed by atoms with Gasteiger partial charge >= 0.3 is 5.69 Å². The molecule has 0 aliphatic heterocycles. The second-order valence-corrected chi connectivity index (χ2v) is 4.56. The predicted molar refractivity (Wildman–Crippen MR) is 72.0 cm³/mol. The number of imidazole rings is 1. The molecule has 0 aliphatic rings. The van der Waals surface area contributed by atoms with Gasteiger partial charge in [-0.15, -0.1) is 10.2 Å². The maximum absolute atomic E-state index is 12.3. The summed E-state index contributed by atoms with van der Waals surface area (Å²) in [6.07, 6.45) is 0. The van der Waals surface area contributed by atoms with Crippen LogP contribution in [0.15, 0.2) is 14.4 Å². The second-order valence-electron chi connectivity index (χ2n) is 4.56. The van der Waals surface area contributed by atoms with E-state index >= 15 is 0 Å². The third-order valence-electron chi connectivity index (χ3n) is 3.22. The average Bonchev–Trinajstić information content (AvgIpc) is 2.83. The highest BCUT2D eigenvalue weighted by molar-refractivity contribution is 5.74. The number of hydrogen-bond acceptors (Lipinski definition) is 7. The lowest BCUT2D eigenvalue weighted by atomic mass is 10.5. The summed E-state index contributed by atoms with van der Waals surface area (Å²) >= 11 is 0. The van der Waals surface area contributed by atoms with Gasteiger partial charge in [0.25, 0.3) is 16.9 Å². The van der Waals surface area contributed by atoms with Crippen LogP contribution in [0.3, 0.4) is 0 Å². The Hall–Kier alpha value is -3.04. The Bertz CT molecular complexity index is 1130. The molecule has 10 nitrogen and oxygen atoms in total. The topological polar surface area (TPSA) is 124 Å². The van der Waals surface area contributed by atoms with Gasteiger partial charge in [-0.3, -0.25) is 18.7 Å². The summed E-state index contributed by atoms with van der Waals surface area (Å²) in [5.74, 6) is -0.427. The van der Waals surface area contributed by atoms with E-state index in [4.69, 9.17) is 0 Å². The molecule has 0 unspecified atom stereocenters. The highest BCUT2D eigenvalue weighted by Crippen LogP contribution is 2.05. The van der Waals surface area contributed by atoms with Gasteiger partial charge in [0.1, 0.15) is 5.76 Å². The van der Waals surface area contributed by atoms with E-state index in [1.807, 2.05) is 0 Å². The Balaban J connectivity index is 2.81. The SMILES string of the molecule is C/C(O)=c1\nnc2nc3c(=O)n(C)c(=O)n(C)c3n2c1=O. The smallest absolute Gasteiger partial charge is 0.332 e. The van der Waals surface area contributed by atoms with Crippen molar-refractivity contribution in [3.63, 3.8) is 0 Å². The standard InChI is InChI=1S/C11H10N6O4/c1-4(18)5-9(20)17-7-6(12-10(17)14-13-5)8(19)16(3)11(21)15(7)2/h18H,1-3H3/b5-4+. The van der Waals surface area contributed by atoms with E-state index in [2.05, 4.69) is 15.2 Å². The molecule has 3 aromatic rings. The summed E-state index contributed by atoms with van der Waals surface area (Å²) in [5, 5.41) is 16.4. The molecule has 0 saturated carbocycles. The molecule has 0 bridgehead atoms. The Morgan fingerprint density at radius 3 is 2.33 bits per heavy atom. The molecule has 108 valence electrons. The van der Waals surface area contributed by atoms with Gasteiger partial charge in [0, 0.05) is 14.1 Å². The molecule has 0 saturated heterocycles. The van der Waals surface area contributed by atoms with Crippen LogP contribution < -0.4 is 22.2 Å². The number of aromatic nitrogens is 6. The minimum Gasteiger partial charge on any atom is -0.510 e. The van der Waals surface area contributed by atoms with Crippen molar-refractivity contribution in [2.45, 2.75) is 6.92 Å². The van der Waals surface area contributed by atoms with Crippen LogP contribution in [0.1, 0.15) is 6.92 Å². The van der Waals surface area contributed by atoms with Crippen LogP contribution in [0.4, 0.5) is 0 Å². The van der Waals surface area contributed by atoms with E-state index in [-0.39, 0.29) is 28.0 Å². The minimum absolute atomic E-state index is 0.0144. The lowest BCUT2D eigenvalue weighted by Gasteiger charge is -2.03. The zero-order valence-electron chi connectivity index (χ0n) is 11.4. The Morgan fingerprint density at radius 2 is 1.71 bits per heavy atom. The van der Waals surface area contributed by atoms with Crippen molar-refractivity contribution in [3.05, 3.63) is 36.5 Å². The molecular formula is C11H10N6O4. The van der Waals surface area contributed by atoms with Crippen LogP contribution in [-0.2, 0) is 14.1 Å². The molecule has 0 aromatic carbocycles. The Labute approximate surface area is 115 Å². The first-order chi connectivity index (χ1) is 9.84. The number of aryl methyl sites for hydroxylation is 1. The number of aliphatic hydroxyl groups excluding tert-OH is 1. The number of aliphatic hydroxyl groups is 1. The van der Waals surface area contributed by atoms with Crippen molar-refractivity contribution >= 4 is 22.7 Å². The molecular weight excluding hydrogens is 280 g/mol. The van der Waals surface area contributed by atoms with Gasteiger partial charge in [0.2, 0.25) is 0 Å². The number of rotatable bonds is 0. The van der Waals surface area contributed by atoms with Gasteiger partial charge in [-0.25, -0.2) is 14.2 Å². The quantitative estimate of drug-likeness (QED) is 0.483. The largest absolute Gasteiger partial charge is 0.510 e. The van der Waals surface area contributed by atoms with Gasteiger partial charge in [-0.05, 0) is 6.92 Å². The summed E-state index contributed by atoms with van der Waals surface area (Å²) in [7, 11) is 2.72. The molecule has 3 heterocycles. The fourth-order valence-electron chi connectivity index (χ4n) is 2.14. The minimum atomic E-state index is -0.703. The van der Waals surface area contributed by atoms with E-state index in [1.54, 1.807) is 0 Å². The van der Waals surface area contributed by atoms with Crippen molar-refractivity contribution < 1.29 is 5.11 Å². The van der Waals surface area contributed by atoms with Gasteiger partial charge in [-0.2, -0.15) is 0 Å². The average molecular weight is 290 g/mol. The van der Waals surface area contributed by atoms with E-state index < -0.39 is 16.8 Å². The van der Waals surface area contributed by atoms with Gasteiger partial charge in [0.05, 0.1) is 0 Å². The van der Waals surface area contributed by atoms with E-state index in [1.165, 1.54) is 21.0 Å². The first-order valence-electron chi connectivity index (χ1n) is 5.89. The fraction of sp³-hybridized carbons (Fsp3) is 0.273. The third-order valence-corrected chi connectivity index (χ3v) is 3.22. The van der Waals surface area contributed by atoms with E-state index in [0.717, 1.165) is 13.5 Å². The summed E-state index contributed by atoms with van der Waals surface area (Å²) in [4.78, 5) is 40.3. The highest BCUT2D eigenvalue weighted by atomic mass is 16.3. The molecule has 0 radical (unpaired) electrons. The van der Waals surface area contributed by atoms with E-state index in [0.29, 0.717) is 0 Å². The predicted octanol–water partition coefficient (Wildman–Crippen LogP) is -2.56. The zero-order valence-corrected chi connectivity index (χ0v) is 11.4. The van der Waals surface area contributed by atoms with Crippen molar-refractivity contribution in [1.29, 1.82) is 0 Å². The maximum Gasteiger partial charge on any atom is 0.332 e.